The van der Waals surface area contributed by atoms with Crippen LogP contribution < -0.4 is 11.1 Å². The molecule has 15 heteroatoms. The number of amides is 2. The van der Waals surface area contributed by atoms with E-state index in [2.05, 4.69) is 15.4 Å². The third-order valence-corrected chi connectivity index (χ3v) is 7.66. The van der Waals surface area contributed by atoms with Gasteiger partial charge < -0.3 is 11.1 Å². The maximum atomic E-state index is 14.2. The van der Waals surface area contributed by atoms with Crippen molar-refractivity contribution >= 4 is 23.6 Å². The van der Waals surface area contributed by atoms with Crippen molar-refractivity contribution in [3.05, 3.63) is 106 Å². The molecule has 0 aliphatic heterocycles. The van der Waals surface area contributed by atoms with E-state index in [1.807, 2.05) is 0 Å². The molecule has 0 bridgehead atoms. The van der Waals surface area contributed by atoms with E-state index >= 15 is 0 Å². The van der Waals surface area contributed by atoms with Gasteiger partial charge in [0.15, 0.2) is 5.69 Å². The van der Waals surface area contributed by atoms with Crippen LogP contribution >= 0.6 is 0 Å². The molecule has 2 aliphatic carbocycles. The number of hydrogen-bond acceptors (Lipinski definition) is 4. The summed E-state index contributed by atoms with van der Waals surface area (Å²) in [5, 5.41) is 5.92. The Kier molecular flexibility index (Phi) is 7.01. The Labute approximate surface area is 248 Å². The normalized spacial score (nSPS) is 18.4. The zero-order valence-corrected chi connectivity index (χ0v) is 22.6. The minimum absolute atomic E-state index is 0.0416. The molecule has 232 valence electrons. The first-order chi connectivity index (χ1) is 21.1. The molecule has 6 rings (SSSR count). The van der Waals surface area contributed by atoms with E-state index < -0.39 is 83.0 Å². The second-order valence-corrected chi connectivity index (χ2v) is 10.6. The number of aromatic nitrogens is 3. The molecule has 2 aliphatic rings. The van der Waals surface area contributed by atoms with Crippen LogP contribution in [0, 0.1) is 23.4 Å². The summed E-state index contributed by atoms with van der Waals surface area (Å²) in [5.74, 6) is -11.1. The highest BCUT2D eigenvalue weighted by Crippen LogP contribution is 2.68. The number of primary amides is 1. The van der Waals surface area contributed by atoms with Crippen LogP contribution in [0.2, 0.25) is 0 Å². The summed E-state index contributed by atoms with van der Waals surface area (Å²) < 4.78 is 112. The highest BCUT2D eigenvalue weighted by Gasteiger charge is 2.74. The second-order valence-electron chi connectivity index (χ2n) is 10.6. The summed E-state index contributed by atoms with van der Waals surface area (Å²) in [6.45, 7) is -0.831. The molecule has 4 aromatic rings. The van der Waals surface area contributed by atoms with Crippen LogP contribution in [0.5, 0.6) is 0 Å². The van der Waals surface area contributed by atoms with Crippen molar-refractivity contribution in [2.75, 3.05) is 0 Å². The molecule has 2 aromatic heterocycles. The lowest BCUT2D eigenvalue weighted by Crippen LogP contribution is -2.28. The number of rotatable bonds is 7. The van der Waals surface area contributed by atoms with Gasteiger partial charge in [-0.2, -0.15) is 18.3 Å². The number of carbonyl (C=O) groups is 2. The fourth-order valence-electron chi connectivity index (χ4n) is 5.69. The minimum Gasteiger partial charge on any atom is -0.366 e. The largest absolute Gasteiger partial charge is 0.435 e. The molecule has 45 heavy (non-hydrogen) atoms. The summed E-state index contributed by atoms with van der Waals surface area (Å²) in [5.41, 5.74) is 2.63. The standard InChI is InChI=1S/C30H19F8N5O2/c31-15-6-13(7-16(32)10-15)8-21(26-17(2-1-5-40-26)14-3-4-20(33)18(9-14)28(39)45)41-23(44)12-43-22-11-19-25(29(19,34)35)24(22)27(42-43)30(36,37)38/h1-10,19,25H,11-12H2,(H2,39,45)(H,41,44). The third kappa shape index (κ3) is 5.42. The van der Waals surface area contributed by atoms with Gasteiger partial charge in [-0.3, -0.25) is 19.3 Å². The third-order valence-electron chi connectivity index (χ3n) is 7.66. The Bertz CT molecular complexity index is 1900. The molecule has 1 fully saturated rings. The van der Waals surface area contributed by atoms with Gasteiger partial charge in [0.2, 0.25) is 5.91 Å². The fraction of sp³-hybridized carbons (Fsp3) is 0.200. The van der Waals surface area contributed by atoms with E-state index in [0.717, 1.165) is 30.3 Å². The van der Waals surface area contributed by atoms with Gasteiger partial charge in [0.1, 0.15) is 24.0 Å². The smallest absolute Gasteiger partial charge is 0.366 e. The van der Waals surface area contributed by atoms with Gasteiger partial charge in [0.05, 0.1) is 22.9 Å². The number of halogens is 8. The Hall–Kier alpha value is -5.08. The van der Waals surface area contributed by atoms with Gasteiger partial charge in [-0.15, -0.1) is 0 Å². The molecule has 2 heterocycles. The Morgan fingerprint density at radius 3 is 2.44 bits per heavy atom. The van der Waals surface area contributed by atoms with Gasteiger partial charge in [0, 0.05) is 35.0 Å². The molecule has 2 amide bonds. The number of nitrogens with zero attached hydrogens (tertiary/aromatic N) is 3. The number of benzene rings is 2. The maximum Gasteiger partial charge on any atom is 0.435 e. The first-order valence-corrected chi connectivity index (χ1v) is 13.2. The van der Waals surface area contributed by atoms with Gasteiger partial charge in [-0.1, -0.05) is 12.1 Å². The first-order valence-electron chi connectivity index (χ1n) is 13.2. The van der Waals surface area contributed by atoms with Crippen molar-refractivity contribution in [1.82, 2.24) is 20.1 Å². The molecule has 0 radical (unpaired) electrons. The Balaban J connectivity index is 1.40. The topological polar surface area (TPSA) is 103 Å². The number of alkyl halides is 5. The number of nitrogens with one attached hydrogen (secondary N) is 1. The summed E-state index contributed by atoms with van der Waals surface area (Å²) in [6.07, 6.45) is -3.02. The molecule has 2 aromatic carbocycles. The average Bonchev–Trinajstić information content (AvgIpc) is 3.23. The van der Waals surface area contributed by atoms with E-state index in [4.69, 9.17) is 5.73 Å². The predicted octanol–water partition coefficient (Wildman–Crippen LogP) is 5.70. The van der Waals surface area contributed by atoms with E-state index in [-0.39, 0.29) is 33.8 Å². The first kappa shape index (κ1) is 30.0. The van der Waals surface area contributed by atoms with Gasteiger partial charge in [-0.25, -0.2) is 22.0 Å². The summed E-state index contributed by atoms with van der Waals surface area (Å²) in [6, 6.07) is 8.82. The highest BCUT2D eigenvalue weighted by atomic mass is 19.4. The lowest BCUT2D eigenvalue weighted by atomic mass is 9.98. The predicted molar refractivity (Wildman–Crippen MR) is 143 cm³/mol. The number of nitrogens with two attached hydrogens (primary N) is 1. The lowest BCUT2D eigenvalue weighted by Gasteiger charge is -2.15. The molecule has 7 nitrogen and oxygen atoms in total. The molecular weight excluding hydrogens is 614 g/mol. The molecule has 0 saturated heterocycles. The number of carbonyl (C=O) groups excluding carboxylic acids is 2. The summed E-state index contributed by atoms with van der Waals surface area (Å²) in [4.78, 5) is 29.3. The van der Waals surface area contributed by atoms with Crippen LogP contribution in [0.25, 0.3) is 22.9 Å². The molecule has 2 atom stereocenters. The Morgan fingerprint density at radius 1 is 1.07 bits per heavy atom. The number of hydrogen-bond donors (Lipinski definition) is 2. The van der Waals surface area contributed by atoms with Crippen LogP contribution in [0.1, 0.15) is 44.5 Å². The fourth-order valence-corrected chi connectivity index (χ4v) is 5.69. The van der Waals surface area contributed by atoms with Gasteiger partial charge in [0.25, 0.3) is 11.8 Å². The van der Waals surface area contributed by atoms with Gasteiger partial charge >= 0.3 is 6.18 Å². The minimum atomic E-state index is -5.05. The van der Waals surface area contributed by atoms with Crippen molar-refractivity contribution in [1.29, 1.82) is 0 Å². The highest BCUT2D eigenvalue weighted by molar-refractivity contribution is 5.97. The molecular formula is C30H19F8N5O2. The zero-order chi connectivity index (χ0) is 32.4. The molecule has 1 saturated carbocycles. The van der Waals surface area contributed by atoms with Crippen molar-refractivity contribution in [3.8, 4) is 11.1 Å². The zero-order valence-electron chi connectivity index (χ0n) is 22.6. The summed E-state index contributed by atoms with van der Waals surface area (Å²) in [7, 11) is 0. The quantitative estimate of drug-likeness (QED) is 0.255. The van der Waals surface area contributed by atoms with Crippen LogP contribution in [-0.4, -0.2) is 32.5 Å². The van der Waals surface area contributed by atoms with E-state index in [1.54, 1.807) is 0 Å². The second kappa shape index (κ2) is 10.5. The molecule has 3 N–H and O–H groups in total. The van der Waals surface area contributed by atoms with Crippen LogP contribution in [0.3, 0.4) is 0 Å². The average molecular weight is 633 g/mol. The van der Waals surface area contributed by atoms with E-state index in [0.29, 0.717) is 10.7 Å². The van der Waals surface area contributed by atoms with Crippen molar-refractivity contribution < 1.29 is 44.7 Å². The van der Waals surface area contributed by atoms with Crippen molar-refractivity contribution in [2.45, 2.75) is 31.0 Å². The number of pyridine rings is 1. The number of fused-ring (bicyclic) bond motifs is 3. The monoisotopic (exact) mass is 633 g/mol. The van der Waals surface area contributed by atoms with E-state index in [9.17, 15) is 44.7 Å². The van der Waals surface area contributed by atoms with Crippen LogP contribution in [0.15, 0.2) is 54.7 Å². The van der Waals surface area contributed by atoms with Crippen LogP contribution in [-0.2, 0) is 23.9 Å². The van der Waals surface area contributed by atoms with Crippen molar-refractivity contribution in [3.63, 3.8) is 0 Å². The summed E-state index contributed by atoms with van der Waals surface area (Å²) >= 11 is 0. The lowest BCUT2D eigenvalue weighted by molar-refractivity contribution is -0.142. The van der Waals surface area contributed by atoms with Gasteiger partial charge in [-0.05, 0) is 54.0 Å². The molecule has 2 unspecified atom stereocenters. The maximum absolute atomic E-state index is 14.2. The Morgan fingerprint density at radius 2 is 1.78 bits per heavy atom. The molecule has 0 spiro atoms. The van der Waals surface area contributed by atoms with Crippen molar-refractivity contribution in [2.24, 2.45) is 11.7 Å². The van der Waals surface area contributed by atoms with E-state index in [1.165, 1.54) is 24.4 Å². The SMILES string of the molecule is NC(=O)c1cc(-c2cccnc2C(=Cc2cc(F)cc(F)c2)NC(=O)Cn2nc(C(F)(F)F)c3c2CC2C3C2(F)F)ccc1F. The van der Waals surface area contributed by atoms with Crippen LogP contribution in [0.4, 0.5) is 35.1 Å².